The summed E-state index contributed by atoms with van der Waals surface area (Å²) >= 11 is 6.07. The fourth-order valence-corrected chi connectivity index (χ4v) is 2.27. The Morgan fingerprint density at radius 3 is 2.85 bits per heavy atom. The third kappa shape index (κ3) is 3.12. The van der Waals surface area contributed by atoms with Crippen LogP contribution >= 0.6 is 11.6 Å². The SMILES string of the molecule is Clc1nc(NCCN2CCOCC2)nc2nccnc12. The van der Waals surface area contributed by atoms with Gasteiger partial charge in [-0.15, -0.1) is 0 Å². The van der Waals surface area contributed by atoms with Gasteiger partial charge in [0.15, 0.2) is 10.8 Å². The number of nitrogens with one attached hydrogen (secondary N) is 1. The molecule has 0 aliphatic carbocycles. The molecule has 0 unspecified atom stereocenters. The van der Waals surface area contributed by atoms with Crippen molar-refractivity contribution < 1.29 is 4.74 Å². The number of nitrogens with zero attached hydrogens (tertiary/aromatic N) is 5. The highest BCUT2D eigenvalue weighted by Gasteiger charge is 2.11. The summed E-state index contributed by atoms with van der Waals surface area (Å²) in [7, 11) is 0. The zero-order valence-corrected chi connectivity index (χ0v) is 11.7. The molecule has 2 aromatic heterocycles. The highest BCUT2D eigenvalue weighted by atomic mass is 35.5. The number of hydrogen-bond donors (Lipinski definition) is 1. The molecule has 0 aromatic carbocycles. The molecule has 1 saturated heterocycles. The Hall–Kier alpha value is -1.57. The van der Waals surface area contributed by atoms with E-state index in [-0.39, 0.29) is 0 Å². The lowest BCUT2D eigenvalue weighted by Crippen LogP contribution is -2.39. The molecule has 1 fully saturated rings. The van der Waals surface area contributed by atoms with Crippen LogP contribution in [0.5, 0.6) is 0 Å². The van der Waals surface area contributed by atoms with Crippen molar-refractivity contribution in [3.05, 3.63) is 17.5 Å². The van der Waals surface area contributed by atoms with Crippen LogP contribution in [0.15, 0.2) is 12.4 Å². The number of morpholine rings is 1. The third-order valence-electron chi connectivity index (χ3n) is 3.11. The number of aromatic nitrogens is 4. The molecule has 0 amide bonds. The average molecular weight is 295 g/mol. The van der Waals surface area contributed by atoms with E-state index in [4.69, 9.17) is 16.3 Å². The van der Waals surface area contributed by atoms with Crippen molar-refractivity contribution in [2.75, 3.05) is 44.7 Å². The molecule has 0 bridgehead atoms. The number of ether oxygens (including phenoxy) is 1. The van der Waals surface area contributed by atoms with E-state index in [1.165, 1.54) is 0 Å². The van der Waals surface area contributed by atoms with Gasteiger partial charge < -0.3 is 10.1 Å². The second-order valence-corrected chi connectivity index (χ2v) is 4.81. The molecular formula is C12H15ClN6O. The van der Waals surface area contributed by atoms with E-state index in [1.54, 1.807) is 12.4 Å². The second kappa shape index (κ2) is 6.25. The van der Waals surface area contributed by atoms with Crippen LogP contribution in [0.25, 0.3) is 11.2 Å². The summed E-state index contributed by atoms with van der Waals surface area (Å²) in [5.41, 5.74) is 1.02. The first kappa shape index (κ1) is 13.4. The Morgan fingerprint density at radius 1 is 1.20 bits per heavy atom. The Bertz CT molecular complexity index is 589. The molecule has 1 aliphatic heterocycles. The summed E-state index contributed by atoms with van der Waals surface area (Å²) in [4.78, 5) is 19.1. The lowest BCUT2D eigenvalue weighted by atomic mass is 10.4. The van der Waals surface area contributed by atoms with Gasteiger partial charge in [0, 0.05) is 38.6 Å². The topological polar surface area (TPSA) is 76.1 Å². The maximum absolute atomic E-state index is 6.07. The minimum atomic E-state index is 0.317. The molecule has 3 heterocycles. The minimum Gasteiger partial charge on any atom is -0.379 e. The van der Waals surface area contributed by atoms with Crippen LogP contribution in [0.3, 0.4) is 0 Å². The van der Waals surface area contributed by atoms with Crippen LogP contribution in [-0.4, -0.2) is 64.2 Å². The van der Waals surface area contributed by atoms with E-state index >= 15 is 0 Å². The van der Waals surface area contributed by atoms with Gasteiger partial charge in [0.2, 0.25) is 5.95 Å². The van der Waals surface area contributed by atoms with E-state index < -0.39 is 0 Å². The Morgan fingerprint density at radius 2 is 2.00 bits per heavy atom. The standard InChI is InChI=1S/C12H15ClN6O/c13-10-9-11(15-2-1-14-9)18-12(17-10)16-3-4-19-5-7-20-8-6-19/h1-2H,3-8H2,(H,15,16,17,18). The highest BCUT2D eigenvalue weighted by molar-refractivity contribution is 6.33. The van der Waals surface area contributed by atoms with Crippen LogP contribution in [0.2, 0.25) is 5.15 Å². The summed E-state index contributed by atoms with van der Waals surface area (Å²) in [6.45, 7) is 5.20. The van der Waals surface area contributed by atoms with Gasteiger partial charge in [0.05, 0.1) is 13.2 Å². The summed E-state index contributed by atoms with van der Waals surface area (Å²) in [5.74, 6) is 0.483. The number of fused-ring (bicyclic) bond motifs is 1. The Kier molecular flexibility index (Phi) is 4.19. The Balaban J connectivity index is 1.62. The van der Waals surface area contributed by atoms with Crippen LogP contribution in [-0.2, 0) is 4.74 Å². The van der Waals surface area contributed by atoms with Gasteiger partial charge in [-0.05, 0) is 0 Å². The van der Waals surface area contributed by atoms with Crippen molar-refractivity contribution >= 4 is 28.7 Å². The molecule has 20 heavy (non-hydrogen) atoms. The molecule has 1 N–H and O–H groups in total. The minimum absolute atomic E-state index is 0.317. The van der Waals surface area contributed by atoms with Crippen LogP contribution in [0.1, 0.15) is 0 Å². The molecular weight excluding hydrogens is 280 g/mol. The number of anilines is 1. The first-order chi connectivity index (χ1) is 9.83. The normalized spacial score (nSPS) is 16.4. The van der Waals surface area contributed by atoms with Gasteiger partial charge in [0.25, 0.3) is 0 Å². The zero-order chi connectivity index (χ0) is 13.8. The van der Waals surface area contributed by atoms with E-state index in [9.17, 15) is 0 Å². The van der Waals surface area contributed by atoms with Gasteiger partial charge in [-0.25, -0.2) is 9.97 Å². The van der Waals surface area contributed by atoms with Crippen molar-refractivity contribution in [2.45, 2.75) is 0 Å². The van der Waals surface area contributed by atoms with Gasteiger partial charge in [-0.3, -0.25) is 4.90 Å². The van der Waals surface area contributed by atoms with E-state index in [0.717, 1.165) is 39.4 Å². The lowest BCUT2D eigenvalue weighted by molar-refractivity contribution is 0.0398. The molecule has 8 heteroatoms. The predicted molar refractivity (Wildman–Crippen MR) is 75.9 cm³/mol. The number of halogens is 1. The second-order valence-electron chi connectivity index (χ2n) is 4.45. The van der Waals surface area contributed by atoms with Gasteiger partial charge in [-0.1, -0.05) is 11.6 Å². The van der Waals surface area contributed by atoms with E-state index in [0.29, 0.717) is 22.3 Å². The fourth-order valence-electron chi connectivity index (χ4n) is 2.06. The number of hydrogen-bond acceptors (Lipinski definition) is 7. The first-order valence-electron chi connectivity index (χ1n) is 6.51. The Labute approximate surface area is 121 Å². The van der Waals surface area contributed by atoms with Crippen molar-refractivity contribution in [1.82, 2.24) is 24.8 Å². The maximum atomic E-state index is 6.07. The van der Waals surface area contributed by atoms with Crippen molar-refractivity contribution in [1.29, 1.82) is 0 Å². The monoisotopic (exact) mass is 294 g/mol. The highest BCUT2D eigenvalue weighted by Crippen LogP contribution is 2.17. The van der Waals surface area contributed by atoms with Gasteiger partial charge >= 0.3 is 0 Å². The largest absolute Gasteiger partial charge is 0.379 e. The van der Waals surface area contributed by atoms with Gasteiger partial charge in [-0.2, -0.15) is 9.97 Å². The molecule has 0 atom stereocenters. The van der Waals surface area contributed by atoms with Crippen molar-refractivity contribution in [3.63, 3.8) is 0 Å². The predicted octanol–water partition coefficient (Wildman–Crippen LogP) is 0.817. The molecule has 2 aromatic rings. The van der Waals surface area contributed by atoms with Crippen LogP contribution < -0.4 is 5.32 Å². The van der Waals surface area contributed by atoms with E-state index in [1.807, 2.05) is 0 Å². The first-order valence-corrected chi connectivity index (χ1v) is 6.89. The molecule has 7 nitrogen and oxygen atoms in total. The quantitative estimate of drug-likeness (QED) is 0.837. The molecule has 3 rings (SSSR count). The number of rotatable bonds is 4. The molecule has 106 valence electrons. The maximum Gasteiger partial charge on any atom is 0.226 e. The van der Waals surface area contributed by atoms with E-state index in [2.05, 4.69) is 30.2 Å². The van der Waals surface area contributed by atoms with Gasteiger partial charge in [0.1, 0.15) is 5.52 Å². The van der Waals surface area contributed by atoms with Crippen molar-refractivity contribution in [2.24, 2.45) is 0 Å². The van der Waals surface area contributed by atoms with Crippen molar-refractivity contribution in [3.8, 4) is 0 Å². The molecule has 0 radical (unpaired) electrons. The molecule has 1 aliphatic rings. The third-order valence-corrected chi connectivity index (χ3v) is 3.37. The molecule has 0 spiro atoms. The zero-order valence-electron chi connectivity index (χ0n) is 10.9. The smallest absolute Gasteiger partial charge is 0.226 e. The summed E-state index contributed by atoms with van der Waals surface area (Å²) in [6, 6.07) is 0. The molecule has 0 saturated carbocycles. The van der Waals surface area contributed by atoms with Crippen LogP contribution in [0.4, 0.5) is 5.95 Å². The summed E-state index contributed by atoms with van der Waals surface area (Å²) in [6.07, 6.45) is 3.16. The fraction of sp³-hybridized carbons (Fsp3) is 0.500. The van der Waals surface area contributed by atoms with Crippen LogP contribution in [0, 0.1) is 0 Å². The summed E-state index contributed by atoms with van der Waals surface area (Å²) < 4.78 is 5.31. The summed E-state index contributed by atoms with van der Waals surface area (Å²) in [5, 5.41) is 3.48. The average Bonchev–Trinajstić information content (AvgIpc) is 2.48. The lowest BCUT2D eigenvalue weighted by Gasteiger charge is -2.26.